The lowest BCUT2D eigenvalue weighted by Gasteiger charge is -2.17. The minimum Gasteiger partial charge on any atom is -0.353 e. The summed E-state index contributed by atoms with van der Waals surface area (Å²) in [6, 6.07) is 0.424. The molecule has 0 amide bonds. The van der Waals surface area contributed by atoms with Gasteiger partial charge in [0.15, 0.2) is 0 Å². The molecule has 0 aliphatic rings. The Bertz CT molecular complexity index is 317. The molecule has 1 heterocycles. The van der Waals surface area contributed by atoms with Gasteiger partial charge in [0.1, 0.15) is 0 Å². The van der Waals surface area contributed by atoms with E-state index in [1.807, 2.05) is 18.5 Å². The molecular formula is C12H22N4. The largest absolute Gasteiger partial charge is 0.353 e. The first-order chi connectivity index (χ1) is 7.63. The van der Waals surface area contributed by atoms with Crippen LogP contribution in [0.5, 0.6) is 0 Å². The molecule has 0 spiro atoms. The second-order valence-electron chi connectivity index (χ2n) is 4.33. The molecule has 1 rings (SSSR count). The molecule has 0 radical (unpaired) electrons. The van der Waals surface area contributed by atoms with Gasteiger partial charge in [-0.05, 0) is 34.0 Å². The van der Waals surface area contributed by atoms with Crippen LogP contribution in [0.1, 0.15) is 13.3 Å². The van der Waals surface area contributed by atoms with Gasteiger partial charge < -0.3 is 14.8 Å². The topological polar surface area (TPSA) is 33.1 Å². The quantitative estimate of drug-likeness (QED) is 0.714. The first kappa shape index (κ1) is 12.8. The molecule has 1 aromatic rings. The fraction of sp³-hybridized carbons (Fsp3) is 0.583. The number of aromatic nitrogens is 2. The summed E-state index contributed by atoms with van der Waals surface area (Å²) < 4.78 is 2.05. The summed E-state index contributed by atoms with van der Waals surface area (Å²) >= 11 is 0. The Morgan fingerprint density at radius 1 is 1.62 bits per heavy atom. The fourth-order valence-corrected chi connectivity index (χ4v) is 1.48. The molecular weight excluding hydrogens is 200 g/mol. The normalized spacial score (nSPS) is 12.8. The van der Waals surface area contributed by atoms with Crippen LogP contribution in [0.3, 0.4) is 0 Å². The highest BCUT2D eigenvalue weighted by molar-refractivity contribution is 5.27. The van der Waals surface area contributed by atoms with Crippen molar-refractivity contribution in [3.05, 3.63) is 25.0 Å². The summed E-state index contributed by atoms with van der Waals surface area (Å²) in [7, 11) is 4.18. The van der Waals surface area contributed by atoms with Crippen molar-refractivity contribution in [2.45, 2.75) is 25.9 Å². The second kappa shape index (κ2) is 6.33. The number of imidazole rings is 1. The van der Waals surface area contributed by atoms with Crippen LogP contribution in [0, 0.1) is 0 Å². The number of hydrogen-bond donors (Lipinski definition) is 1. The predicted octanol–water partition coefficient (Wildman–Crippen LogP) is 1.82. The van der Waals surface area contributed by atoms with Gasteiger partial charge in [-0.2, -0.15) is 0 Å². The molecule has 0 bridgehead atoms. The number of nitrogens with one attached hydrogen (secondary N) is 1. The molecule has 16 heavy (non-hydrogen) atoms. The zero-order chi connectivity index (χ0) is 12.0. The molecule has 0 fully saturated rings. The van der Waals surface area contributed by atoms with Gasteiger partial charge in [0.05, 0.1) is 0 Å². The Hall–Kier alpha value is -1.29. The van der Waals surface area contributed by atoms with Gasteiger partial charge in [0.2, 0.25) is 5.95 Å². The molecule has 4 nitrogen and oxygen atoms in total. The van der Waals surface area contributed by atoms with Crippen LogP contribution in [0.15, 0.2) is 25.0 Å². The third kappa shape index (κ3) is 4.06. The second-order valence-corrected chi connectivity index (χ2v) is 4.33. The third-order valence-corrected chi connectivity index (χ3v) is 2.43. The Morgan fingerprint density at radius 3 is 3.00 bits per heavy atom. The van der Waals surface area contributed by atoms with Crippen molar-refractivity contribution in [1.29, 1.82) is 0 Å². The molecule has 1 unspecified atom stereocenters. The average molecular weight is 222 g/mol. The maximum absolute atomic E-state index is 4.29. The van der Waals surface area contributed by atoms with Crippen LogP contribution in [-0.2, 0) is 6.54 Å². The van der Waals surface area contributed by atoms with Crippen LogP contribution in [-0.4, -0.2) is 41.1 Å². The predicted molar refractivity (Wildman–Crippen MR) is 68.7 cm³/mol. The van der Waals surface area contributed by atoms with Crippen LogP contribution in [0.25, 0.3) is 0 Å². The first-order valence-electron chi connectivity index (χ1n) is 5.66. The molecule has 90 valence electrons. The zero-order valence-corrected chi connectivity index (χ0v) is 10.5. The monoisotopic (exact) mass is 222 g/mol. The van der Waals surface area contributed by atoms with E-state index >= 15 is 0 Å². The summed E-state index contributed by atoms with van der Waals surface area (Å²) in [4.78, 5) is 6.48. The molecule has 1 atom stereocenters. The van der Waals surface area contributed by atoms with E-state index in [2.05, 4.69) is 47.4 Å². The molecule has 1 aromatic heterocycles. The van der Waals surface area contributed by atoms with Crippen molar-refractivity contribution in [1.82, 2.24) is 14.5 Å². The van der Waals surface area contributed by atoms with Gasteiger partial charge in [-0.25, -0.2) is 4.98 Å². The van der Waals surface area contributed by atoms with Gasteiger partial charge in [-0.1, -0.05) is 6.08 Å². The van der Waals surface area contributed by atoms with Crippen LogP contribution in [0.4, 0.5) is 5.95 Å². The summed E-state index contributed by atoms with van der Waals surface area (Å²) in [6.45, 7) is 7.78. The van der Waals surface area contributed by atoms with Crippen LogP contribution < -0.4 is 5.32 Å². The van der Waals surface area contributed by atoms with Crippen molar-refractivity contribution in [2.24, 2.45) is 0 Å². The van der Waals surface area contributed by atoms with Gasteiger partial charge in [0.25, 0.3) is 0 Å². The number of hydrogen-bond acceptors (Lipinski definition) is 3. The van der Waals surface area contributed by atoms with E-state index < -0.39 is 0 Å². The van der Waals surface area contributed by atoms with Crippen molar-refractivity contribution in [3.8, 4) is 0 Å². The molecule has 0 aromatic carbocycles. The van der Waals surface area contributed by atoms with Gasteiger partial charge in [0, 0.05) is 25.0 Å². The first-order valence-corrected chi connectivity index (χ1v) is 5.66. The lowest BCUT2D eigenvalue weighted by atomic mass is 10.2. The van der Waals surface area contributed by atoms with Crippen molar-refractivity contribution < 1.29 is 0 Å². The van der Waals surface area contributed by atoms with E-state index in [1.54, 1.807) is 0 Å². The standard InChI is InChI=1S/C12H22N4/c1-5-8-16-10-7-13-12(16)14-11(2)6-9-15(3)4/h5,7,10-11H,1,6,8-9H2,2-4H3,(H,13,14). The lowest BCUT2D eigenvalue weighted by molar-refractivity contribution is 0.390. The number of anilines is 1. The summed E-state index contributed by atoms with van der Waals surface area (Å²) in [5, 5.41) is 3.41. The van der Waals surface area contributed by atoms with Crippen molar-refractivity contribution >= 4 is 5.95 Å². The average Bonchev–Trinajstić information content (AvgIpc) is 2.63. The number of nitrogens with zero attached hydrogens (tertiary/aromatic N) is 3. The summed E-state index contributed by atoms with van der Waals surface area (Å²) in [5.74, 6) is 0.922. The van der Waals surface area contributed by atoms with E-state index in [0.717, 1.165) is 25.5 Å². The van der Waals surface area contributed by atoms with E-state index in [-0.39, 0.29) is 0 Å². The van der Waals surface area contributed by atoms with Gasteiger partial charge in [-0.15, -0.1) is 6.58 Å². The Kier molecular flexibility index (Phi) is 5.05. The van der Waals surface area contributed by atoms with Crippen molar-refractivity contribution in [2.75, 3.05) is 26.0 Å². The zero-order valence-electron chi connectivity index (χ0n) is 10.5. The molecule has 4 heteroatoms. The van der Waals surface area contributed by atoms with E-state index in [0.29, 0.717) is 6.04 Å². The number of allylic oxidation sites excluding steroid dienone is 1. The Labute approximate surface area is 98.0 Å². The third-order valence-electron chi connectivity index (χ3n) is 2.43. The fourth-order valence-electron chi connectivity index (χ4n) is 1.48. The SMILES string of the molecule is C=CCn1ccnc1NC(C)CCN(C)C. The van der Waals surface area contributed by atoms with E-state index in [9.17, 15) is 0 Å². The highest BCUT2D eigenvalue weighted by atomic mass is 15.2. The van der Waals surface area contributed by atoms with Gasteiger partial charge in [-0.3, -0.25) is 0 Å². The summed E-state index contributed by atoms with van der Waals surface area (Å²) in [6.07, 6.45) is 6.75. The highest BCUT2D eigenvalue weighted by Gasteiger charge is 2.06. The Balaban J connectivity index is 2.45. The minimum atomic E-state index is 0.424. The van der Waals surface area contributed by atoms with Crippen molar-refractivity contribution in [3.63, 3.8) is 0 Å². The van der Waals surface area contributed by atoms with Crippen LogP contribution >= 0.6 is 0 Å². The maximum Gasteiger partial charge on any atom is 0.203 e. The maximum atomic E-state index is 4.29. The molecule has 1 N–H and O–H groups in total. The lowest BCUT2D eigenvalue weighted by Crippen LogP contribution is -2.24. The summed E-state index contributed by atoms with van der Waals surface area (Å²) in [5.41, 5.74) is 0. The van der Waals surface area contributed by atoms with Crippen LogP contribution in [0.2, 0.25) is 0 Å². The smallest absolute Gasteiger partial charge is 0.203 e. The minimum absolute atomic E-state index is 0.424. The molecule has 0 saturated carbocycles. The molecule has 0 aliphatic carbocycles. The highest BCUT2D eigenvalue weighted by Crippen LogP contribution is 2.07. The molecule has 0 aliphatic heterocycles. The van der Waals surface area contributed by atoms with E-state index in [1.165, 1.54) is 0 Å². The van der Waals surface area contributed by atoms with E-state index in [4.69, 9.17) is 0 Å². The Morgan fingerprint density at radius 2 is 2.38 bits per heavy atom. The van der Waals surface area contributed by atoms with Gasteiger partial charge >= 0.3 is 0 Å². The number of rotatable bonds is 7. The molecule has 0 saturated heterocycles.